The van der Waals surface area contributed by atoms with E-state index in [9.17, 15) is 0 Å². The molecule has 2 aromatic carbocycles. The molecule has 0 saturated carbocycles. The van der Waals surface area contributed by atoms with Crippen molar-refractivity contribution in [3.63, 3.8) is 0 Å². The third kappa shape index (κ3) is 3.40. The van der Waals surface area contributed by atoms with E-state index < -0.39 is 0 Å². The van der Waals surface area contributed by atoms with E-state index in [1.54, 1.807) is 17.8 Å². The fraction of sp³-hybridized carbons (Fsp3) is 0.130. The largest absolute Gasteiger partial charge is 0.302 e. The molecule has 1 aromatic heterocycles. The number of aromatic nitrogens is 2. The Kier molecular flexibility index (Phi) is 5.39. The number of nitrogens with zero attached hydrogens (tertiary/aromatic N) is 4. The maximum absolute atomic E-state index is 6.72. The van der Waals surface area contributed by atoms with Crippen LogP contribution in [0.25, 0.3) is 5.69 Å². The molecule has 0 radical (unpaired) electrons. The number of rotatable bonds is 3. The highest BCUT2D eigenvalue weighted by atomic mass is 35.5. The number of aryl methyl sites for hydroxylation is 1. The highest BCUT2D eigenvalue weighted by molar-refractivity contribution is 7.98. The lowest BCUT2D eigenvalue weighted by Crippen LogP contribution is -2.38. The fourth-order valence-corrected chi connectivity index (χ4v) is 5.16. The molecule has 0 saturated heterocycles. The van der Waals surface area contributed by atoms with Gasteiger partial charge in [-0.25, -0.2) is 9.67 Å². The summed E-state index contributed by atoms with van der Waals surface area (Å²) in [4.78, 5) is 7.96. The minimum Gasteiger partial charge on any atom is -0.302 e. The molecule has 0 spiro atoms. The van der Waals surface area contributed by atoms with Crippen molar-refractivity contribution in [1.82, 2.24) is 14.7 Å². The molecule has 8 heteroatoms. The second-order valence-electron chi connectivity index (χ2n) is 7.19. The van der Waals surface area contributed by atoms with Crippen LogP contribution >= 0.6 is 46.6 Å². The van der Waals surface area contributed by atoms with E-state index in [2.05, 4.69) is 24.5 Å². The number of allylic oxidation sites excluding steroid dienone is 2. The molecule has 0 amide bonds. The summed E-state index contributed by atoms with van der Waals surface area (Å²) in [5, 5.41) is 6.04. The number of benzene rings is 2. The summed E-state index contributed by atoms with van der Waals surface area (Å²) in [7, 11) is 0. The SMILES string of the molecule is CSc1cccc([C@H]2c3c(C)nn(-c4ccccc4)c3N=C3C(Cl)=CC(Cl)=C(Cl)N32)c1. The van der Waals surface area contributed by atoms with Crippen LogP contribution < -0.4 is 0 Å². The zero-order chi connectivity index (χ0) is 21.7. The minimum atomic E-state index is -0.268. The Morgan fingerprint density at radius 2 is 1.77 bits per heavy atom. The Morgan fingerprint density at radius 3 is 2.52 bits per heavy atom. The van der Waals surface area contributed by atoms with Gasteiger partial charge in [-0.2, -0.15) is 5.10 Å². The first-order valence-electron chi connectivity index (χ1n) is 9.59. The lowest BCUT2D eigenvalue weighted by Gasteiger charge is -2.39. The Hall–Kier alpha value is -2.18. The summed E-state index contributed by atoms with van der Waals surface area (Å²) in [5.41, 5.74) is 3.83. The van der Waals surface area contributed by atoms with Crippen molar-refractivity contribution in [1.29, 1.82) is 0 Å². The van der Waals surface area contributed by atoms with Crippen LogP contribution in [0.15, 0.2) is 85.8 Å². The van der Waals surface area contributed by atoms with E-state index in [4.69, 9.17) is 44.9 Å². The Morgan fingerprint density at radius 1 is 1.00 bits per heavy atom. The van der Waals surface area contributed by atoms with Gasteiger partial charge in [-0.05, 0) is 49.1 Å². The van der Waals surface area contributed by atoms with Crippen molar-refractivity contribution in [3.8, 4) is 5.69 Å². The molecule has 0 fully saturated rings. The highest BCUT2D eigenvalue weighted by Gasteiger charge is 2.40. The molecule has 3 aromatic rings. The van der Waals surface area contributed by atoms with Gasteiger partial charge in [0, 0.05) is 10.5 Å². The van der Waals surface area contributed by atoms with E-state index >= 15 is 0 Å². The Balaban J connectivity index is 1.81. The molecule has 31 heavy (non-hydrogen) atoms. The third-order valence-corrected chi connectivity index (χ3v) is 7.11. The molecule has 0 unspecified atom stereocenters. The minimum absolute atomic E-state index is 0.268. The van der Waals surface area contributed by atoms with Crippen molar-refractivity contribution in [3.05, 3.63) is 92.7 Å². The lowest BCUT2D eigenvalue weighted by atomic mass is 9.94. The van der Waals surface area contributed by atoms with Crippen molar-refractivity contribution >= 4 is 58.2 Å². The van der Waals surface area contributed by atoms with Crippen LogP contribution in [-0.2, 0) is 0 Å². The van der Waals surface area contributed by atoms with E-state index in [-0.39, 0.29) is 6.04 Å². The number of thioether (sulfide) groups is 1. The summed E-state index contributed by atoms with van der Waals surface area (Å²) in [6.07, 6.45) is 3.69. The van der Waals surface area contributed by atoms with Gasteiger partial charge in [0.2, 0.25) is 0 Å². The second kappa shape index (κ2) is 8.06. The topological polar surface area (TPSA) is 33.4 Å². The summed E-state index contributed by atoms with van der Waals surface area (Å²) in [6.45, 7) is 1.99. The monoisotopic (exact) mass is 486 g/mol. The molecule has 1 atom stereocenters. The molecule has 156 valence electrons. The van der Waals surface area contributed by atoms with Crippen LogP contribution in [0.5, 0.6) is 0 Å². The van der Waals surface area contributed by atoms with Crippen LogP contribution in [0, 0.1) is 6.92 Å². The molecular weight excluding hydrogens is 471 g/mol. The predicted molar refractivity (Wildman–Crippen MR) is 130 cm³/mol. The van der Waals surface area contributed by atoms with Gasteiger partial charge in [0.25, 0.3) is 0 Å². The first-order chi connectivity index (χ1) is 15.0. The zero-order valence-electron chi connectivity index (χ0n) is 16.7. The summed E-state index contributed by atoms with van der Waals surface area (Å²) < 4.78 is 1.86. The van der Waals surface area contributed by atoms with Gasteiger partial charge in [-0.3, -0.25) is 0 Å². The first-order valence-corrected chi connectivity index (χ1v) is 11.9. The predicted octanol–water partition coefficient (Wildman–Crippen LogP) is 7.12. The van der Waals surface area contributed by atoms with Gasteiger partial charge >= 0.3 is 0 Å². The van der Waals surface area contributed by atoms with Crippen LogP contribution in [-0.4, -0.2) is 26.8 Å². The average Bonchev–Trinajstić information content (AvgIpc) is 3.13. The number of amidine groups is 1. The zero-order valence-corrected chi connectivity index (χ0v) is 19.8. The maximum Gasteiger partial charge on any atom is 0.164 e. The van der Waals surface area contributed by atoms with Crippen molar-refractivity contribution < 1.29 is 0 Å². The van der Waals surface area contributed by atoms with Crippen molar-refractivity contribution in [2.45, 2.75) is 17.9 Å². The molecule has 4 nitrogen and oxygen atoms in total. The van der Waals surface area contributed by atoms with Gasteiger partial charge in [0.05, 0.1) is 27.5 Å². The Labute approximate surface area is 199 Å². The molecule has 2 aliphatic heterocycles. The lowest BCUT2D eigenvalue weighted by molar-refractivity contribution is 0.448. The van der Waals surface area contributed by atoms with Crippen molar-refractivity contribution in [2.75, 3.05) is 6.26 Å². The third-order valence-electron chi connectivity index (χ3n) is 5.34. The molecule has 0 bridgehead atoms. The number of hydrogen-bond donors (Lipinski definition) is 0. The number of fused-ring (bicyclic) bond motifs is 2. The van der Waals surface area contributed by atoms with Gasteiger partial charge < -0.3 is 4.90 Å². The number of halogens is 3. The highest BCUT2D eigenvalue weighted by Crippen LogP contribution is 2.48. The average molecular weight is 488 g/mol. The maximum atomic E-state index is 6.72. The first kappa shape index (κ1) is 20.7. The number of hydrogen-bond acceptors (Lipinski definition) is 4. The molecule has 0 aliphatic carbocycles. The normalized spacial score (nSPS) is 17.8. The molecule has 5 rings (SSSR count). The van der Waals surface area contributed by atoms with Gasteiger partial charge in [0.1, 0.15) is 5.16 Å². The van der Waals surface area contributed by atoms with E-state index in [0.29, 0.717) is 21.1 Å². The fourth-order valence-electron chi connectivity index (χ4n) is 3.96. The molecule has 0 N–H and O–H groups in total. The van der Waals surface area contributed by atoms with Gasteiger partial charge in [-0.15, -0.1) is 11.8 Å². The van der Waals surface area contributed by atoms with Crippen LogP contribution in [0.1, 0.15) is 22.9 Å². The quantitative estimate of drug-likeness (QED) is 0.291. The van der Waals surface area contributed by atoms with E-state index in [1.807, 2.05) is 52.9 Å². The van der Waals surface area contributed by atoms with Gasteiger partial charge in [-0.1, -0.05) is 65.1 Å². The second-order valence-corrected chi connectivity index (χ2v) is 9.24. The van der Waals surface area contributed by atoms with Crippen LogP contribution in [0.3, 0.4) is 0 Å². The molecular formula is C23H17Cl3N4S. The van der Waals surface area contributed by atoms with Crippen LogP contribution in [0.2, 0.25) is 0 Å². The van der Waals surface area contributed by atoms with Gasteiger partial charge in [0.15, 0.2) is 11.7 Å². The Bertz CT molecular complexity index is 1280. The summed E-state index contributed by atoms with van der Waals surface area (Å²) in [6, 6.07) is 18.0. The van der Waals surface area contributed by atoms with Crippen molar-refractivity contribution in [2.24, 2.45) is 4.99 Å². The molecule has 3 heterocycles. The summed E-state index contributed by atoms with van der Waals surface area (Å²) in [5.74, 6) is 1.30. The van der Waals surface area contributed by atoms with E-state index in [0.717, 1.165) is 33.2 Å². The number of para-hydroxylation sites is 1. The van der Waals surface area contributed by atoms with Crippen LogP contribution in [0.4, 0.5) is 5.82 Å². The molecule has 2 aliphatic rings. The standard InChI is InChI=1S/C23H17Cl3N4S/c1-13-19-20(14-7-6-10-16(11-14)31-2)29-21(26)17(24)12-18(25)22(29)27-23(19)30(28-13)15-8-4-3-5-9-15/h3-12,20H,1-2H3/t20-/m0/s1. The van der Waals surface area contributed by atoms with E-state index in [1.165, 1.54) is 0 Å². The smallest absolute Gasteiger partial charge is 0.164 e. The summed E-state index contributed by atoms with van der Waals surface area (Å²) >= 11 is 21.4. The number of aliphatic imine (C=N–C) groups is 1.